The number of nitrogens with zero attached hydrogens (tertiary/aromatic N) is 4. The molecule has 0 aromatic carbocycles. The largest absolute Gasteiger partial charge is 0.236 e. The molecule has 0 N–H and O–H groups in total. The topological polar surface area (TPSA) is 54.5 Å². The van der Waals surface area contributed by atoms with Crippen LogP contribution in [0.4, 0.5) is 0 Å². The van der Waals surface area contributed by atoms with Crippen LogP contribution in [0.1, 0.15) is 32.0 Å². The van der Waals surface area contributed by atoms with Crippen LogP contribution in [0.2, 0.25) is 5.15 Å². The zero-order valence-electron chi connectivity index (χ0n) is 10.8. The molecule has 4 nitrogen and oxygen atoms in total. The van der Waals surface area contributed by atoms with E-state index in [2.05, 4.69) is 32.1 Å². The molecule has 0 aliphatic heterocycles. The third-order valence-corrected chi connectivity index (χ3v) is 3.40. The van der Waals surface area contributed by atoms with E-state index >= 15 is 0 Å². The van der Waals surface area contributed by atoms with Crippen molar-refractivity contribution in [3.63, 3.8) is 0 Å². The first kappa shape index (κ1) is 14.0. The van der Waals surface area contributed by atoms with Crippen LogP contribution in [-0.4, -0.2) is 14.8 Å². The van der Waals surface area contributed by atoms with E-state index in [1.54, 1.807) is 12.3 Å². The summed E-state index contributed by atoms with van der Waals surface area (Å²) in [7, 11) is 0. The van der Waals surface area contributed by atoms with Gasteiger partial charge in [-0.25, -0.2) is 9.67 Å². The third-order valence-electron chi connectivity index (χ3n) is 2.58. The fraction of sp³-hybridized carbons (Fsp3) is 0.308. The summed E-state index contributed by atoms with van der Waals surface area (Å²) in [5.74, 6) is 0.584. The van der Waals surface area contributed by atoms with Crippen molar-refractivity contribution >= 4 is 27.5 Å². The summed E-state index contributed by atoms with van der Waals surface area (Å²) in [5, 5.41) is 14.0. The lowest BCUT2D eigenvalue weighted by molar-refractivity contribution is 0.558. The maximum absolute atomic E-state index is 9.25. The monoisotopic (exact) mass is 338 g/mol. The van der Waals surface area contributed by atoms with Crippen molar-refractivity contribution in [2.24, 2.45) is 0 Å². The normalized spacial score (nSPS) is 11.4. The summed E-state index contributed by atoms with van der Waals surface area (Å²) in [6.45, 7) is 5.98. The number of hydrogen-bond donors (Lipinski definition) is 0. The van der Waals surface area contributed by atoms with Gasteiger partial charge in [0.2, 0.25) is 0 Å². The summed E-state index contributed by atoms with van der Waals surface area (Å²) in [6.07, 6.45) is 1.66. The first-order chi connectivity index (χ1) is 8.84. The van der Waals surface area contributed by atoms with Crippen LogP contribution in [0.25, 0.3) is 5.82 Å². The van der Waals surface area contributed by atoms with Crippen LogP contribution in [0, 0.1) is 11.3 Å². The van der Waals surface area contributed by atoms with Crippen molar-refractivity contribution in [2.75, 3.05) is 0 Å². The Morgan fingerprint density at radius 2 is 2.05 bits per heavy atom. The maximum Gasteiger partial charge on any atom is 0.155 e. The highest BCUT2D eigenvalue weighted by Crippen LogP contribution is 2.30. The summed E-state index contributed by atoms with van der Waals surface area (Å²) >= 11 is 9.56. The zero-order valence-corrected chi connectivity index (χ0v) is 13.1. The number of hydrogen-bond acceptors (Lipinski definition) is 3. The highest BCUT2D eigenvalue weighted by Gasteiger charge is 2.26. The van der Waals surface area contributed by atoms with Crippen molar-refractivity contribution in [1.82, 2.24) is 14.8 Å². The minimum Gasteiger partial charge on any atom is -0.236 e. The van der Waals surface area contributed by atoms with Gasteiger partial charge in [0.15, 0.2) is 11.0 Å². The average Bonchev–Trinajstić information content (AvgIpc) is 2.67. The lowest BCUT2D eigenvalue weighted by Gasteiger charge is -2.14. The fourth-order valence-corrected chi connectivity index (χ4v) is 2.16. The molecule has 0 amide bonds. The van der Waals surface area contributed by atoms with E-state index in [0.29, 0.717) is 22.2 Å². The number of halogens is 2. The number of rotatable bonds is 1. The Morgan fingerprint density at radius 1 is 1.37 bits per heavy atom. The van der Waals surface area contributed by atoms with Gasteiger partial charge in [0.1, 0.15) is 11.6 Å². The van der Waals surface area contributed by atoms with Gasteiger partial charge in [0.25, 0.3) is 0 Å². The van der Waals surface area contributed by atoms with Crippen LogP contribution in [0.5, 0.6) is 0 Å². The summed E-state index contributed by atoms with van der Waals surface area (Å²) in [4.78, 5) is 4.24. The fourth-order valence-electron chi connectivity index (χ4n) is 1.67. The van der Waals surface area contributed by atoms with Gasteiger partial charge in [0.05, 0.1) is 5.69 Å². The molecule has 6 heteroatoms. The van der Waals surface area contributed by atoms with Gasteiger partial charge in [-0.15, -0.1) is 0 Å². The zero-order chi connectivity index (χ0) is 14.2. The molecule has 19 heavy (non-hydrogen) atoms. The molecule has 0 saturated carbocycles. The number of aromatic nitrogens is 3. The smallest absolute Gasteiger partial charge is 0.155 e. The second-order valence-corrected chi connectivity index (χ2v) is 6.40. The van der Waals surface area contributed by atoms with Gasteiger partial charge in [0, 0.05) is 16.1 Å². The van der Waals surface area contributed by atoms with Gasteiger partial charge in [-0.1, -0.05) is 32.4 Å². The van der Waals surface area contributed by atoms with Crippen molar-refractivity contribution in [1.29, 1.82) is 5.26 Å². The minimum atomic E-state index is -0.255. The molecule has 2 aromatic rings. The van der Waals surface area contributed by atoms with Crippen molar-refractivity contribution < 1.29 is 0 Å². The Labute approximate surface area is 125 Å². The van der Waals surface area contributed by atoms with Crippen molar-refractivity contribution in [2.45, 2.75) is 26.2 Å². The molecule has 0 unspecified atom stereocenters. The van der Waals surface area contributed by atoms with Crippen molar-refractivity contribution in [3.8, 4) is 11.9 Å². The minimum absolute atomic E-state index is 0.255. The second kappa shape index (κ2) is 4.95. The van der Waals surface area contributed by atoms with Crippen LogP contribution < -0.4 is 0 Å². The molecule has 2 aromatic heterocycles. The van der Waals surface area contributed by atoms with Gasteiger partial charge < -0.3 is 0 Å². The lowest BCUT2D eigenvalue weighted by Crippen LogP contribution is -2.14. The van der Waals surface area contributed by atoms with Gasteiger partial charge >= 0.3 is 0 Å². The second-order valence-electron chi connectivity index (χ2n) is 5.12. The van der Waals surface area contributed by atoms with Crippen LogP contribution >= 0.6 is 27.5 Å². The van der Waals surface area contributed by atoms with E-state index < -0.39 is 0 Å². The molecule has 2 heterocycles. The van der Waals surface area contributed by atoms with Gasteiger partial charge in [-0.2, -0.15) is 10.4 Å². The first-order valence-corrected chi connectivity index (χ1v) is 6.82. The Bertz CT molecular complexity index is 647. The van der Waals surface area contributed by atoms with E-state index in [9.17, 15) is 5.26 Å². The molecule has 0 saturated heterocycles. The van der Waals surface area contributed by atoms with Crippen LogP contribution in [0.3, 0.4) is 0 Å². The summed E-state index contributed by atoms with van der Waals surface area (Å²) in [5.41, 5.74) is 0.818. The molecule has 98 valence electrons. The Morgan fingerprint density at radius 3 is 2.47 bits per heavy atom. The quantitative estimate of drug-likeness (QED) is 0.793. The molecule has 0 fully saturated rings. The van der Waals surface area contributed by atoms with E-state index in [1.165, 1.54) is 4.68 Å². The van der Waals surface area contributed by atoms with E-state index in [4.69, 9.17) is 11.6 Å². The summed E-state index contributed by atoms with van der Waals surface area (Å²) in [6, 6.07) is 5.76. The molecule has 0 bridgehead atoms. The Kier molecular flexibility index (Phi) is 3.66. The van der Waals surface area contributed by atoms with Gasteiger partial charge in [-0.3, -0.25) is 0 Å². The lowest BCUT2D eigenvalue weighted by atomic mass is 9.90. The van der Waals surface area contributed by atoms with E-state index in [1.807, 2.05) is 26.8 Å². The number of nitriles is 1. The first-order valence-electron chi connectivity index (χ1n) is 5.65. The van der Waals surface area contributed by atoms with E-state index in [0.717, 1.165) is 4.47 Å². The SMILES string of the molecule is CC(C)(C)c1nn(-c2ccc(Br)cn2)c(Cl)c1C#N. The van der Waals surface area contributed by atoms with Crippen LogP contribution in [-0.2, 0) is 5.41 Å². The average molecular weight is 340 g/mol. The number of pyridine rings is 1. The van der Waals surface area contributed by atoms with E-state index in [-0.39, 0.29) is 5.41 Å². The third kappa shape index (κ3) is 2.65. The molecule has 0 atom stereocenters. The highest BCUT2D eigenvalue weighted by molar-refractivity contribution is 9.10. The standard InChI is InChI=1S/C13H12BrClN4/c1-13(2,3)11-9(6-16)12(15)19(18-11)10-5-4-8(14)7-17-10/h4-5,7H,1-3H3. The maximum atomic E-state index is 9.25. The molecule has 2 rings (SSSR count). The Balaban J connectivity index is 2.64. The molecule has 0 aliphatic carbocycles. The van der Waals surface area contributed by atoms with Crippen molar-refractivity contribution in [3.05, 3.63) is 39.2 Å². The summed E-state index contributed by atoms with van der Waals surface area (Å²) < 4.78 is 2.36. The molecule has 0 aliphatic rings. The van der Waals surface area contributed by atoms with Gasteiger partial charge in [-0.05, 0) is 28.1 Å². The van der Waals surface area contributed by atoms with Crippen LogP contribution in [0.15, 0.2) is 22.8 Å². The predicted octanol–water partition coefficient (Wildman–Crippen LogP) is 3.85. The molecular formula is C13H12BrClN4. The molecular weight excluding hydrogens is 328 g/mol. The molecule has 0 radical (unpaired) electrons. The molecule has 0 spiro atoms. The Hall–Kier alpha value is -1.38. The predicted molar refractivity (Wildman–Crippen MR) is 77.5 cm³/mol. The highest BCUT2D eigenvalue weighted by atomic mass is 79.9.